The molecule has 3 aromatic heterocycles. The minimum atomic E-state index is -0.975. The summed E-state index contributed by atoms with van der Waals surface area (Å²) in [5, 5.41) is 18.5. The zero-order valence-electron chi connectivity index (χ0n) is 25.0. The van der Waals surface area contributed by atoms with Gasteiger partial charge in [0.1, 0.15) is 24.4 Å². The van der Waals surface area contributed by atoms with Crippen LogP contribution in [0.15, 0.2) is 60.8 Å². The number of ether oxygens (including phenoxy) is 2. The quantitative estimate of drug-likeness (QED) is 0.236. The Morgan fingerprint density at radius 2 is 1.93 bits per heavy atom. The number of carbonyl (C=O) groups is 1. The highest BCUT2D eigenvalue weighted by molar-refractivity contribution is 5.92. The van der Waals surface area contributed by atoms with Crippen molar-refractivity contribution in [1.29, 1.82) is 5.26 Å². The molecule has 0 bridgehead atoms. The number of piperidine rings is 1. The second-order valence-corrected chi connectivity index (χ2v) is 11.1. The summed E-state index contributed by atoms with van der Waals surface area (Å²) in [6, 6.07) is 16.4. The van der Waals surface area contributed by atoms with Gasteiger partial charge in [-0.3, -0.25) is 4.90 Å². The molecular formula is C33H32FN7O4. The van der Waals surface area contributed by atoms with Gasteiger partial charge in [-0.05, 0) is 62.2 Å². The molecule has 1 saturated heterocycles. The summed E-state index contributed by atoms with van der Waals surface area (Å²) in [5.74, 6) is 0.729. The number of aryl methyl sites for hydroxylation is 1. The monoisotopic (exact) mass is 609 g/mol. The number of nitrogens with zero attached hydrogens (tertiary/aromatic N) is 7. The van der Waals surface area contributed by atoms with Crippen molar-refractivity contribution >= 4 is 17.0 Å². The Kier molecular flexibility index (Phi) is 8.44. The molecule has 0 saturated carbocycles. The van der Waals surface area contributed by atoms with E-state index in [0.29, 0.717) is 24.7 Å². The van der Waals surface area contributed by atoms with Gasteiger partial charge >= 0.3 is 5.97 Å². The van der Waals surface area contributed by atoms with Gasteiger partial charge in [0.25, 0.3) is 0 Å². The third-order valence-electron chi connectivity index (χ3n) is 8.12. The second-order valence-electron chi connectivity index (χ2n) is 11.1. The summed E-state index contributed by atoms with van der Waals surface area (Å²) in [5.41, 5.74) is 3.58. The van der Waals surface area contributed by atoms with E-state index in [2.05, 4.69) is 19.4 Å². The van der Waals surface area contributed by atoms with Crippen molar-refractivity contribution in [3.63, 3.8) is 0 Å². The summed E-state index contributed by atoms with van der Waals surface area (Å²) < 4.78 is 30.1. The van der Waals surface area contributed by atoms with Crippen LogP contribution in [0.25, 0.3) is 11.0 Å². The molecule has 0 atom stereocenters. The number of benzene rings is 2. The van der Waals surface area contributed by atoms with E-state index in [1.165, 1.54) is 12.1 Å². The molecular weight excluding hydrogens is 577 g/mol. The first kappa shape index (κ1) is 29.8. The van der Waals surface area contributed by atoms with Crippen molar-refractivity contribution in [3.8, 4) is 17.7 Å². The minimum Gasteiger partial charge on any atom is -0.484 e. The molecule has 2 aromatic carbocycles. The second kappa shape index (κ2) is 12.8. The topological polar surface area (TPSA) is 131 Å². The molecule has 4 heterocycles. The Balaban J connectivity index is 1.10. The number of hydrogen-bond donors (Lipinski definition) is 1. The van der Waals surface area contributed by atoms with Gasteiger partial charge in [0.05, 0.1) is 58.9 Å². The summed E-state index contributed by atoms with van der Waals surface area (Å²) in [6.07, 6.45) is 3.41. The van der Waals surface area contributed by atoms with Crippen LogP contribution >= 0.6 is 0 Å². The molecule has 0 unspecified atom stereocenters. The van der Waals surface area contributed by atoms with Crippen LogP contribution in [0.4, 0.5) is 4.39 Å². The molecule has 1 fully saturated rings. The lowest BCUT2D eigenvalue weighted by Crippen LogP contribution is -2.38. The first-order valence-corrected chi connectivity index (χ1v) is 14.6. The predicted molar refractivity (Wildman–Crippen MR) is 162 cm³/mol. The number of rotatable bonds is 10. The number of aromatic carboxylic acids is 1. The van der Waals surface area contributed by atoms with E-state index in [4.69, 9.17) is 19.7 Å². The number of carboxylic acids is 1. The molecule has 0 radical (unpaired) electrons. The van der Waals surface area contributed by atoms with E-state index >= 15 is 0 Å². The van der Waals surface area contributed by atoms with Gasteiger partial charge in [0.15, 0.2) is 11.6 Å². The molecule has 0 spiro atoms. The lowest BCUT2D eigenvalue weighted by Gasteiger charge is -2.31. The first-order valence-electron chi connectivity index (χ1n) is 14.6. The van der Waals surface area contributed by atoms with Gasteiger partial charge in [-0.1, -0.05) is 6.07 Å². The molecule has 45 heavy (non-hydrogen) atoms. The fourth-order valence-electron chi connectivity index (χ4n) is 5.46. The van der Waals surface area contributed by atoms with Crippen LogP contribution in [-0.4, -0.2) is 59.3 Å². The molecule has 1 aliphatic rings. The maximum atomic E-state index is 14.2. The van der Waals surface area contributed by atoms with Crippen LogP contribution in [0.2, 0.25) is 0 Å². The fraction of sp³-hybridized carbons (Fsp3) is 0.303. The Hall–Kier alpha value is -5.28. The first-order chi connectivity index (χ1) is 21.8. The van der Waals surface area contributed by atoms with Gasteiger partial charge in [-0.25, -0.2) is 24.1 Å². The number of carboxylic acid groups (broad SMARTS) is 1. The van der Waals surface area contributed by atoms with Gasteiger partial charge in [-0.15, -0.1) is 0 Å². The van der Waals surface area contributed by atoms with Crippen LogP contribution in [0, 0.1) is 24.1 Å². The maximum absolute atomic E-state index is 14.2. The standard InChI is InChI=1S/C33H32FN7O4/c1-21-36-17-25(39(21)2)18-41-29-15-23(33(42)43)7-8-28(29)38-31(41)19-40-12-10-26(11-13-40)45-32-5-3-4-24(37-32)20-44-30-9-6-22(16-35)14-27(30)34/h3-9,14-15,17,26H,10-13,18-20H2,1-2H3,(H,42,43). The fourth-order valence-corrected chi connectivity index (χ4v) is 5.46. The van der Waals surface area contributed by atoms with Crippen LogP contribution in [0.3, 0.4) is 0 Å². The number of likely N-dealkylation sites (tertiary alicyclic amines) is 1. The third-order valence-corrected chi connectivity index (χ3v) is 8.12. The number of hydrogen-bond acceptors (Lipinski definition) is 8. The highest BCUT2D eigenvalue weighted by Crippen LogP contribution is 2.25. The predicted octanol–water partition coefficient (Wildman–Crippen LogP) is 4.85. The number of halogens is 1. The number of fused-ring (bicyclic) bond motifs is 1. The Morgan fingerprint density at radius 1 is 1.11 bits per heavy atom. The average Bonchev–Trinajstić information content (AvgIpc) is 3.55. The number of imidazole rings is 2. The minimum absolute atomic E-state index is 0.0183. The van der Waals surface area contributed by atoms with E-state index < -0.39 is 11.8 Å². The lowest BCUT2D eigenvalue weighted by atomic mass is 10.1. The van der Waals surface area contributed by atoms with Gasteiger partial charge in [-0.2, -0.15) is 5.26 Å². The Morgan fingerprint density at radius 3 is 2.64 bits per heavy atom. The normalized spacial score (nSPS) is 14.0. The van der Waals surface area contributed by atoms with Crippen molar-refractivity contribution in [1.82, 2.24) is 29.0 Å². The van der Waals surface area contributed by atoms with Gasteiger partial charge in [0, 0.05) is 26.2 Å². The van der Waals surface area contributed by atoms with E-state index in [1.54, 1.807) is 30.3 Å². The van der Waals surface area contributed by atoms with Crippen LogP contribution in [0.5, 0.6) is 11.6 Å². The molecule has 230 valence electrons. The molecule has 6 rings (SSSR count). The summed E-state index contributed by atoms with van der Waals surface area (Å²) in [7, 11) is 1.97. The molecule has 1 N–H and O–H groups in total. The smallest absolute Gasteiger partial charge is 0.335 e. The maximum Gasteiger partial charge on any atom is 0.335 e. The molecule has 5 aromatic rings. The van der Waals surface area contributed by atoms with Crippen molar-refractivity contribution in [2.24, 2.45) is 7.05 Å². The van der Waals surface area contributed by atoms with E-state index in [9.17, 15) is 14.3 Å². The lowest BCUT2D eigenvalue weighted by molar-refractivity contribution is 0.0697. The van der Waals surface area contributed by atoms with E-state index in [0.717, 1.165) is 60.4 Å². The van der Waals surface area contributed by atoms with Gasteiger partial charge < -0.3 is 23.7 Å². The van der Waals surface area contributed by atoms with Crippen molar-refractivity contribution < 1.29 is 23.8 Å². The van der Waals surface area contributed by atoms with Crippen LogP contribution in [0.1, 0.15) is 51.8 Å². The average molecular weight is 610 g/mol. The zero-order valence-corrected chi connectivity index (χ0v) is 25.0. The summed E-state index contributed by atoms with van der Waals surface area (Å²) in [4.78, 5) is 27.9. The van der Waals surface area contributed by atoms with Crippen LogP contribution in [-0.2, 0) is 26.7 Å². The Bertz CT molecular complexity index is 1900. The highest BCUT2D eigenvalue weighted by atomic mass is 19.1. The van der Waals surface area contributed by atoms with Crippen LogP contribution < -0.4 is 9.47 Å². The van der Waals surface area contributed by atoms with Crippen molar-refractivity contribution in [2.75, 3.05) is 13.1 Å². The number of aromatic nitrogens is 5. The molecule has 1 aliphatic heterocycles. The third kappa shape index (κ3) is 6.63. The van der Waals surface area contributed by atoms with E-state index in [-0.39, 0.29) is 29.6 Å². The molecule has 0 aliphatic carbocycles. The summed E-state index contributed by atoms with van der Waals surface area (Å²) >= 11 is 0. The molecule has 0 amide bonds. The van der Waals surface area contributed by atoms with Crippen molar-refractivity contribution in [3.05, 3.63) is 101 Å². The highest BCUT2D eigenvalue weighted by Gasteiger charge is 2.24. The van der Waals surface area contributed by atoms with Gasteiger partial charge in [0.2, 0.25) is 5.88 Å². The number of pyridine rings is 1. The Labute approximate surface area is 259 Å². The zero-order chi connectivity index (χ0) is 31.5. The SMILES string of the molecule is Cc1ncc(Cn2c(CN3CCC(Oc4cccc(COc5ccc(C#N)cc5F)n4)CC3)nc3ccc(C(=O)O)cc32)n1C. The summed E-state index contributed by atoms with van der Waals surface area (Å²) in [6.45, 7) is 4.72. The van der Waals surface area contributed by atoms with E-state index in [1.807, 2.05) is 36.9 Å². The molecule has 11 nitrogen and oxygen atoms in total. The van der Waals surface area contributed by atoms with Crippen molar-refractivity contribution in [2.45, 2.75) is 45.6 Å². The number of nitriles is 1. The molecule has 12 heteroatoms. The largest absolute Gasteiger partial charge is 0.484 e.